The maximum atomic E-state index is 10.6. The number of aromatic nitrogens is 2. The fourth-order valence-corrected chi connectivity index (χ4v) is 2.36. The molecule has 0 bridgehead atoms. The summed E-state index contributed by atoms with van der Waals surface area (Å²) in [5, 5.41) is 1.37. The molecule has 0 fully saturated rings. The zero-order valence-corrected chi connectivity index (χ0v) is 10.4. The van der Waals surface area contributed by atoms with E-state index >= 15 is 0 Å². The molecule has 0 aliphatic rings. The van der Waals surface area contributed by atoms with Crippen molar-refractivity contribution < 1.29 is 9.21 Å². The van der Waals surface area contributed by atoms with Crippen LogP contribution >= 0.6 is 23.2 Å². The van der Waals surface area contributed by atoms with Crippen LogP contribution in [0.25, 0.3) is 22.2 Å². The third-order valence-electron chi connectivity index (χ3n) is 2.59. The minimum atomic E-state index is -0.0728. The summed E-state index contributed by atoms with van der Waals surface area (Å²) in [6.45, 7) is 0. The zero-order valence-electron chi connectivity index (χ0n) is 8.91. The van der Waals surface area contributed by atoms with Crippen LogP contribution in [0.2, 0.25) is 10.3 Å². The van der Waals surface area contributed by atoms with E-state index in [1.54, 1.807) is 0 Å². The van der Waals surface area contributed by atoms with E-state index in [2.05, 4.69) is 9.97 Å². The normalized spacial score (nSPS) is 11.0. The van der Waals surface area contributed by atoms with Gasteiger partial charge in [0.05, 0.1) is 5.56 Å². The van der Waals surface area contributed by atoms with E-state index in [1.165, 1.54) is 0 Å². The second kappa shape index (κ2) is 4.15. The van der Waals surface area contributed by atoms with Crippen LogP contribution < -0.4 is 0 Å². The summed E-state index contributed by atoms with van der Waals surface area (Å²) in [6, 6.07) is 7.53. The number of rotatable bonds is 2. The molecule has 0 amide bonds. The molecule has 6 heteroatoms. The molecular formula is C12H6Cl2N2O2. The molecule has 3 rings (SSSR count). The number of hydrogen-bond donors (Lipinski definition) is 1. The van der Waals surface area contributed by atoms with Crippen LogP contribution in [0, 0.1) is 0 Å². The number of H-pyrrole nitrogens is 1. The summed E-state index contributed by atoms with van der Waals surface area (Å²) in [5.41, 5.74) is 1.47. The summed E-state index contributed by atoms with van der Waals surface area (Å²) in [4.78, 5) is 17.4. The first-order valence-corrected chi connectivity index (χ1v) is 5.84. The van der Waals surface area contributed by atoms with Crippen LogP contribution in [0.4, 0.5) is 0 Å². The molecule has 0 aliphatic carbocycles. The van der Waals surface area contributed by atoms with Gasteiger partial charge >= 0.3 is 0 Å². The quantitative estimate of drug-likeness (QED) is 0.724. The maximum Gasteiger partial charge on any atom is 0.261 e. The summed E-state index contributed by atoms with van der Waals surface area (Å²) < 4.78 is 5.28. The van der Waals surface area contributed by atoms with Gasteiger partial charge in [-0.3, -0.25) is 4.79 Å². The Morgan fingerprint density at radius 3 is 2.78 bits per heavy atom. The van der Waals surface area contributed by atoms with E-state index in [9.17, 15) is 4.79 Å². The van der Waals surface area contributed by atoms with Gasteiger partial charge in [0, 0.05) is 10.9 Å². The molecule has 1 aromatic carbocycles. The average Bonchev–Trinajstić information content (AvgIpc) is 2.88. The maximum absolute atomic E-state index is 10.6. The van der Waals surface area contributed by atoms with Crippen molar-refractivity contribution in [3.05, 3.63) is 40.5 Å². The first-order chi connectivity index (χ1) is 8.70. The highest BCUT2D eigenvalue weighted by molar-refractivity contribution is 6.37. The summed E-state index contributed by atoms with van der Waals surface area (Å²) >= 11 is 12.1. The van der Waals surface area contributed by atoms with Crippen LogP contribution in [-0.2, 0) is 0 Å². The van der Waals surface area contributed by atoms with Gasteiger partial charge in [-0.05, 0) is 6.07 Å². The third kappa shape index (κ3) is 1.62. The number of benzene rings is 1. The molecule has 0 unspecified atom stereocenters. The minimum Gasteiger partial charge on any atom is -0.432 e. The number of oxazole rings is 1. The van der Waals surface area contributed by atoms with Crippen LogP contribution in [-0.4, -0.2) is 16.3 Å². The topological polar surface area (TPSA) is 58.9 Å². The van der Waals surface area contributed by atoms with Gasteiger partial charge in [-0.25, -0.2) is 0 Å². The van der Waals surface area contributed by atoms with Crippen LogP contribution in [0.1, 0.15) is 10.7 Å². The Hall–Kier alpha value is -1.78. The highest BCUT2D eigenvalue weighted by Crippen LogP contribution is 2.38. The molecule has 2 aromatic heterocycles. The predicted molar refractivity (Wildman–Crippen MR) is 69.2 cm³/mol. The van der Waals surface area contributed by atoms with Crippen LogP contribution in [0.3, 0.4) is 0 Å². The van der Waals surface area contributed by atoms with Gasteiger partial charge in [-0.1, -0.05) is 41.4 Å². The molecule has 2 heterocycles. The Morgan fingerprint density at radius 2 is 2.06 bits per heavy atom. The van der Waals surface area contributed by atoms with Crippen molar-refractivity contribution in [2.45, 2.75) is 0 Å². The van der Waals surface area contributed by atoms with Gasteiger partial charge in [0.1, 0.15) is 5.15 Å². The lowest BCUT2D eigenvalue weighted by atomic mass is 10.1. The van der Waals surface area contributed by atoms with Gasteiger partial charge in [-0.2, -0.15) is 4.98 Å². The number of aldehydes is 1. The molecule has 1 N–H and O–H groups in total. The van der Waals surface area contributed by atoms with E-state index in [4.69, 9.17) is 27.6 Å². The molecule has 0 radical (unpaired) electrons. The highest BCUT2D eigenvalue weighted by Gasteiger charge is 2.20. The number of nitrogens with one attached hydrogen (secondary N) is 1. The van der Waals surface area contributed by atoms with Crippen molar-refractivity contribution in [1.82, 2.24) is 9.97 Å². The van der Waals surface area contributed by atoms with Crippen molar-refractivity contribution in [2.75, 3.05) is 0 Å². The van der Waals surface area contributed by atoms with Gasteiger partial charge in [0.2, 0.25) is 6.29 Å². The third-order valence-corrected chi connectivity index (χ3v) is 3.13. The standard InChI is InChI=1S/C12H6Cl2N2O2/c13-11-9(6-3-1-2-4-7(6)15-11)10-12(14)16-8(5-17)18-10/h1-5,15H. The Kier molecular flexibility index (Phi) is 2.61. The fraction of sp³-hybridized carbons (Fsp3) is 0. The van der Waals surface area contributed by atoms with Crippen molar-refractivity contribution in [2.24, 2.45) is 0 Å². The van der Waals surface area contributed by atoms with Gasteiger partial charge in [0.25, 0.3) is 5.89 Å². The van der Waals surface area contributed by atoms with E-state index in [-0.39, 0.29) is 11.0 Å². The molecular weight excluding hydrogens is 275 g/mol. The van der Waals surface area contributed by atoms with E-state index < -0.39 is 0 Å². The number of halogens is 2. The number of aromatic amines is 1. The highest BCUT2D eigenvalue weighted by atomic mass is 35.5. The largest absolute Gasteiger partial charge is 0.432 e. The van der Waals surface area contributed by atoms with E-state index in [1.807, 2.05) is 24.3 Å². The molecule has 4 nitrogen and oxygen atoms in total. The smallest absolute Gasteiger partial charge is 0.261 e. The first kappa shape index (κ1) is 11.3. The summed E-state index contributed by atoms with van der Waals surface area (Å²) in [6.07, 6.45) is 0.498. The molecule has 0 aliphatic heterocycles. The Bertz CT molecular complexity index is 746. The van der Waals surface area contributed by atoms with Crippen LogP contribution in [0.15, 0.2) is 28.7 Å². The van der Waals surface area contributed by atoms with Crippen LogP contribution in [0.5, 0.6) is 0 Å². The first-order valence-electron chi connectivity index (χ1n) is 5.09. The number of nitrogens with zero attached hydrogens (tertiary/aromatic N) is 1. The molecule has 3 aromatic rings. The monoisotopic (exact) mass is 280 g/mol. The molecule has 0 atom stereocenters. The lowest BCUT2D eigenvalue weighted by Crippen LogP contribution is -1.74. The van der Waals surface area contributed by atoms with Gasteiger partial charge in [-0.15, -0.1) is 0 Å². The summed E-state index contributed by atoms with van der Waals surface area (Å²) in [5.74, 6) is 0.220. The number of carbonyl (C=O) groups is 1. The fourth-order valence-electron chi connectivity index (χ4n) is 1.85. The number of fused-ring (bicyclic) bond motifs is 1. The number of carbonyl (C=O) groups excluding carboxylic acids is 1. The van der Waals surface area contributed by atoms with Crippen molar-refractivity contribution in [3.63, 3.8) is 0 Å². The number of hydrogen-bond acceptors (Lipinski definition) is 3. The predicted octanol–water partition coefficient (Wildman–Crippen LogP) is 3.94. The van der Waals surface area contributed by atoms with Gasteiger partial charge < -0.3 is 9.40 Å². The van der Waals surface area contributed by atoms with Gasteiger partial charge in [0.15, 0.2) is 10.9 Å². The van der Waals surface area contributed by atoms with Crippen molar-refractivity contribution in [3.8, 4) is 11.3 Å². The Morgan fingerprint density at radius 1 is 1.28 bits per heavy atom. The SMILES string of the molecule is O=Cc1nc(Cl)c(-c2c(Cl)[nH]c3ccccc23)o1. The second-order valence-electron chi connectivity index (χ2n) is 3.65. The summed E-state index contributed by atoms with van der Waals surface area (Å²) in [7, 11) is 0. The number of para-hydroxylation sites is 1. The molecule has 0 saturated heterocycles. The second-order valence-corrected chi connectivity index (χ2v) is 4.39. The molecule has 0 spiro atoms. The molecule has 90 valence electrons. The van der Waals surface area contributed by atoms with E-state index in [0.29, 0.717) is 22.8 Å². The Labute approximate surface area is 112 Å². The molecule has 0 saturated carbocycles. The Balaban J connectivity index is 2.33. The lowest BCUT2D eigenvalue weighted by molar-refractivity contribution is 0.109. The van der Waals surface area contributed by atoms with Crippen molar-refractivity contribution >= 4 is 40.4 Å². The minimum absolute atomic E-state index is 0.0728. The zero-order chi connectivity index (χ0) is 12.7. The molecule has 18 heavy (non-hydrogen) atoms. The van der Waals surface area contributed by atoms with Crippen molar-refractivity contribution in [1.29, 1.82) is 0 Å². The lowest BCUT2D eigenvalue weighted by Gasteiger charge is -1.95. The average molecular weight is 281 g/mol. The van der Waals surface area contributed by atoms with E-state index in [0.717, 1.165) is 10.9 Å².